The van der Waals surface area contributed by atoms with Gasteiger partial charge in [-0.1, -0.05) is 17.3 Å². The van der Waals surface area contributed by atoms with E-state index < -0.39 is 18.3 Å². The zero-order valence-electron chi connectivity index (χ0n) is 14.7. The van der Waals surface area contributed by atoms with Gasteiger partial charge in [0.15, 0.2) is 5.58 Å². The average molecular weight is 339 g/mol. The molecule has 6 heteroatoms. The highest BCUT2D eigenvalue weighted by Crippen LogP contribution is 2.37. The molecule has 0 N–H and O–H groups in total. The van der Waals surface area contributed by atoms with E-state index in [4.69, 9.17) is 13.8 Å². The molecule has 1 saturated heterocycles. The van der Waals surface area contributed by atoms with E-state index in [1.807, 2.05) is 45.9 Å². The minimum atomic E-state index is -0.525. The number of nitrogens with zero attached hydrogens (tertiary/aromatic N) is 1. The predicted octanol–water partition coefficient (Wildman–Crippen LogP) is 3.93. The van der Waals surface area contributed by atoms with Crippen LogP contribution in [0, 0.1) is 5.82 Å². The lowest BCUT2D eigenvalue weighted by Gasteiger charge is -2.32. The fraction of sp³-hybridized carbons (Fsp3) is 0.316. The van der Waals surface area contributed by atoms with E-state index in [1.165, 1.54) is 12.1 Å². The number of para-hydroxylation sites is 1. The van der Waals surface area contributed by atoms with E-state index >= 15 is 0 Å². The summed E-state index contributed by atoms with van der Waals surface area (Å²) in [5.74, 6) is -0.283. The van der Waals surface area contributed by atoms with Gasteiger partial charge in [0.05, 0.1) is 11.2 Å². The monoisotopic (exact) mass is 339 g/mol. The molecular weight excluding hydrogens is 320 g/mol. The Morgan fingerprint density at radius 2 is 1.56 bits per heavy atom. The second kappa shape index (κ2) is 5.41. The molecule has 0 radical (unpaired) electrons. The zero-order chi connectivity index (χ0) is 17.8. The van der Waals surface area contributed by atoms with Crippen molar-refractivity contribution in [1.82, 2.24) is 5.16 Å². The number of hydrogen-bond donors (Lipinski definition) is 0. The first-order valence-corrected chi connectivity index (χ1v) is 8.28. The quantitative estimate of drug-likeness (QED) is 0.664. The first kappa shape index (κ1) is 16.3. The van der Waals surface area contributed by atoms with Gasteiger partial charge in [-0.25, -0.2) is 4.39 Å². The second-order valence-electron chi connectivity index (χ2n) is 7.35. The molecule has 25 heavy (non-hydrogen) atoms. The lowest BCUT2D eigenvalue weighted by Crippen LogP contribution is -2.41. The topological polar surface area (TPSA) is 44.5 Å². The van der Waals surface area contributed by atoms with Crippen molar-refractivity contribution in [1.29, 1.82) is 0 Å². The number of fused-ring (bicyclic) bond motifs is 1. The Bertz CT molecular complexity index is 917. The van der Waals surface area contributed by atoms with Crippen molar-refractivity contribution in [3.05, 3.63) is 48.3 Å². The van der Waals surface area contributed by atoms with Crippen molar-refractivity contribution in [2.75, 3.05) is 0 Å². The maximum absolute atomic E-state index is 13.2. The van der Waals surface area contributed by atoms with Crippen LogP contribution < -0.4 is 5.46 Å². The first-order valence-electron chi connectivity index (χ1n) is 8.28. The average Bonchev–Trinajstić information content (AvgIpc) is 3.06. The van der Waals surface area contributed by atoms with E-state index in [0.717, 1.165) is 16.4 Å². The van der Waals surface area contributed by atoms with E-state index in [9.17, 15) is 4.39 Å². The van der Waals surface area contributed by atoms with Gasteiger partial charge in [-0.3, -0.25) is 0 Å². The van der Waals surface area contributed by atoms with Crippen LogP contribution in [-0.4, -0.2) is 23.5 Å². The van der Waals surface area contributed by atoms with Crippen LogP contribution in [0.3, 0.4) is 0 Å². The third-order valence-electron chi connectivity index (χ3n) is 5.15. The first-order chi connectivity index (χ1) is 11.8. The van der Waals surface area contributed by atoms with Crippen LogP contribution in [0.15, 0.2) is 47.0 Å². The van der Waals surface area contributed by atoms with Crippen LogP contribution in [0.2, 0.25) is 0 Å². The minimum Gasteiger partial charge on any atom is -0.399 e. The van der Waals surface area contributed by atoms with Crippen LogP contribution in [0.4, 0.5) is 4.39 Å². The van der Waals surface area contributed by atoms with Crippen molar-refractivity contribution in [3.63, 3.8) is 0 Å². The summed E-state index contributed by atoms with van der Waals surface area (Å²) in [7, 11) is -0.525. The lowest BCUT2D eigenvalue weighted by molar-refractivity contribution is 0.00578. The summed E-state index contributed by atoms with van der Waals surface area (Å²) >= 11 is 0. The van der Waals surface area contributed by atoms with Crippen LogP contribution in [0.1, 0.15) is 27.7 Å². The van der Waals surface area contributed by atoms with E-state index in [0.29, 0.717) is 11.3 Å². The summed E-state index contributed by atoms with van der Waals surface area (Å²) in [5, 5.41) is 5.04. The van der Waals surface area contributed by atoms with Crippen LogP contribution in [0.25, 0.3) is 22.2 Å². The van der Waals surface area contributed by atoms with Gasteiger partial charge < -0.3 is 13.8 Å². The molecule has 1 aliphatic heterocycles. The number of aromatic nitrogens is 1. The molecular formula is C19H19BFNO3. The lowest BCUT2D eigenvalue weighted by atomic mass is 9.78. The van der Waals surface area contributed by atoms with Crippen molar-refractivity contribution >= 4 is 23.6 Å². The number of halogens is 1. The van der Waals surface area contributed by atoms with Gasteiger partial charge in [-0.15, -0.1) is 0 Å². The zero-order valence-corrected chi connectivity index (χ0v) is 14.7. The normalized spacial score (nSPS) is 18.8. The third-order valence-corrected chi connectivity index (χ3v) is 5.15. The molecule has 4 nitrogen and oxygen atoms in total. The Hall–Kier alpha value is -2.18. The van der Waals surface area contributed by atoms with Crippen molar-refractivity contribution in [3.8, 4) is 11.3 Å². The second-order valence-corrected chi connectivity index (χ2v) is 7.35. The maximum Gasteiger partial charge on any atom is 0.498 e. The summed E-state index contributed by atoms with van der Waals surface area (Å²) in [4.78, 5) is 0. The van der Waals surface area contributed by atoms with Gasteiger partial charge in [-0.05, 0) is 58.0 Å². The summed E-state index contributed by atoms with van der Waals surface area (Å²) in [6.45, 7) is 8.05. The molecule has 3 aromatic rings. The van der Waals surface area contributed by atoms with Gasteiger partial charge >= 0.3 is 7.12 Å². The molecule has 0 unspecified atom stereocenters. The predicted molar refractivity (Wildman–Crippen MR) is 95.1 cm³/mol. The highest BCUT2D eigenvalue weighted by molar-refractivity contribution is 6.64. The molecule has 1 fully saturated rings. The van der Waals surface area contributed by atoms with E-state index in [-0.39, 0.29) is 5.82 Å². The van der Waals surface area contributed by atoms with Gasteiger partial charge in [0, 0.05) is 16.4 Å². The summed E-state index contributed by atoms with van der Waals surface area (Å²) in [6, 6.07) is 12.0. The molecule has 2 heterocycles. The number of benzene rings is 2. The van der Waals surface area contributed by atoms with Crippen LogP contribution >= 0.6 is 0 Å². The summed E-state index contributed by atoms with van der Waals surface area (Å²) in [5.41, 5.74) is 2.04. The molecule has 0 atom stereocenters. The molecule has 0 aliphatic carbocycles. The highest BCUT2D eigenvalue weighted by atomic mass is 19.1. The molecule has 0 saturated carbocycles. The molecule has 4 rings (SSSR count). The summed E-state index contributed by atoms with van der Waals surface area (Å²) < 4.78 is 31.0. The Labute approximate surface area is 146 Å². The fourth-order valence-corrected chi connectivity index (χ4v) is 2.96. The molecule has 128 valence electrons. The Balaban J connectivity index is 1.79. The van der Waals surface area contributed by atoms with Gasteiger partial charge in [-0.2, -0.15) is 0 Å². The molecule has 2 aromatic carbocycles. The Morgan fingerprint density at radius 3 is 2.20 bits per heavy atom. The smallest absolute Gasteiger partial charge is 0.399 e. The summed E-state index contributed by atoms with van der Waals surface area (Å²) in [6.07, 6.45) is 0. The van der Waals surface area contributed by atoms with E-state index in [1.54, 1.807) is 12.1 Å². The Morgan fingerprint density at radius 1 is 0.920 bits per heavy atom. The highest BCUT2D eigenvalue weighted by Gasteiger charge is 2.52. The van der Waals surface area contributed by atoms with E-state index in [2.05, 4.69) is 5.16 Å². The van der Waals surface area contributed by atoms with Crippen molar-refractivity contribution in [2.24, 2.45) is 0 Å². The molecule has 0 spiro atoms. The van der Waals surface area contributed by atoms with Gasteiger partial charge in [0.2, 0.25) is 0 Å². The Kier molecular flexibility index (Phi) is 3.53. The van der Waals surface area contributed by atoms with Gasteiger partial charge in [0.25, 0.3) is 0 Å². The van der Waals surface area contributed by atoms with Crippen LogP contribution in [-0.2, 0) is 9.31 Å². The minimum absolute atomic E-state index is 0.283. The van der Waals surface area contributed by atoms with Crippen LogP contribution in [0.5, 0.6) is 0 Å². The van der Waals surface area contributed by atoms with Gasteiger partial charge in [0.1, 0.15) is 11.5 Å². The SMILES string of the molecule is CC1(C)OB(c2cccc3c(-c4ccc(F)cc4)noc23)OC1(C)C. The number of rotatable bonds is 2. The molecule has 0 bridgehead atoms. The maximum atomic E-state index is 13.2. The molecule has 0 amide bonds. The standard InChI is InChI=1S/C19H19BFNO3/c1-18(2)19(3,4)25-20(24-18)15-7-5-6-14-16(22-23-17(14)15)12-8-10-13(21)11-9-12/h5-11H,1-4H3. The largest absolute Gasteiger partial charge is 0.498 e. The van der Waals surface area contributed by atoms with Crippen molar-refractivity contribution < 1.29 is 18.2 Å². The fourth-order valence-electron chi connectivity index (χ4n) is 2.96. The number of hydrogen-bond acceptors (Lipinski definition) is 4. The third kappa shape index (κ3) is 2.57. The molecule has 1 aliphatic rings. The van der Waals surface area contributed by atoms with Crippen molar-refractivity contribution in [2.45, 2.75) is 38.9 Å². The molecule has 1 aromatic heterocycles.